The molecule has 0 saturated carbocycles. The van der Waals surface area contributed by atoms with Gasteiger partial charge in [-0.2, -0.15) is 18.2 Å². The Hall–Kier alpha value is -2.23. The second kappa shape index (κ2) is 5.41. The molecule has 0 aliphatic carbocycles. The van der Waals surface area contributed by atoms with Crippen molar-refractivity contribution in [2.45, 2.75) is 18.7 Å². The van der Waals surface area contributed by atoms with Crippen LogP contribution in [0.5, 0.6) is 5.88 Å². The minimum atomic E-state index is -4.74. The van der Waals surface area contributed by atoms with Crippen molar-refractivity contribution in [2.75, 3.05) is 7.11 Å². The standard InChI is InChI=1S/C10H9F3N4O3/c1-19-7-2-5(14-4-15-7)9-16-8(20-17-9)3-6(18)10(11,12)13/h2,4,6,18H,3H2,1H3. The Kier molecular flexibility index (Phi) is 3.84. The molecular weight excluding hydrogens is 281 g/mol. The number of alkyl halides is 3. The lowest BCUT2D eigenvalue weighted by Crippen LogP contribution is -2.30. The predicted molar refractivity (Wildman–Crippen MR) is 57.6 cm³/mol. The van der Waals surface area contributed by atoms with E-state index in [-0.39, 0.29) is 23.3 Å². The number of nitrogens with zero attached hydrogens (tertiary/aromatic N) is 4. The molecule has 20 heavy (non-hydrogen) atoms. The molecule has 0 amide bonds. The highest BCUT2D eigenvalue weighted by Gasteiger charge is 2.39. The van der Waals surface area contributed by atoms with Gasteiger partial charge in [-0.1, -0.05) is 5.16 Å². The van der Waals surface area contributed by atoms with Crippen molar-refractivity contribution in [3.63, 3.8) is 0 Å². The molecule has 1 N–H and O–H groups in total. The average molecular weight is 290 g/mol. The smallest absolute Gasteiger partial charge is 0.414 e. The second-order valence-corrected chi connectivity index (χ2v) is 3.72. The monoisotopic (exact) mass is 290 g/mol. The van der Waals surface area contributed by atoms with Crippen LogP contribution in [0.25, 0.3) is 11.5 Å². The third-order valence-corrected chi connectivity index (χ3v) is 2.29. The summed E-state index contributed by atoms with van der Waals surface area (Å²) in [7, 11) is 1.40. The third kappa shape index (κ3) is 3.20. The molecule has 7 nitrogen and oxygen atoms in total. The van der Waals surface area contributed by atoms with Crippen molar-refractivity contribution in [3.8, 4) is 17.4 Å². The van der Waals surface area contributed by atoms with E-state index in [1.54, 1.807) is 0 Å². The lowest BCUT2D eigenvalue weighted by Gasteiger charge is -2.11. The van der Waals surface area contributed by atoms with Crippen molar-refractivity contribution < 1.29 is 27.5 Å². The lowest BCUT2D eigenvalue weighted by atomic mass is 10.2. The zero-order chi connectivity index (χ0) is 14.8. The topological polar surface area (TPSA) is 94.2 Å². The highest BCUT2D eigenvalue weighted by molar-refractivity contribution is 5.49. The van der Waals surface area contributed by atoms with Crippen molar-refractivity contribution in [2.24, 2.45) is 0 Å². The molecule has 1 unspecified atom stereocenters. The molecule has 0 saturated heterocycles. The summed E-state index contributed by atoms with van der Waals surface area (Å²) in [5.74, 6) is -0.117. The quantitative estimate of drug-likeness (QED) is 0.897. The molecule has 0 bridgehead atoms. The Labute approximate surface area is 110 Å². The summed E-state index contributed by atoms with van der Waals surface area (Å²) in [4.78, 5) is 11.3. The second-order valence-electron chi connectivity index (χ2n) is 3.72. The molecule has 108 valence electrons. The van der Waals surface area contributed by atoms with Crippen LogP contribution >= 0.6 is 0 Å². The van der Waals surface area contributed by atoms with Gasteiger partial charge in [0, 0.05) is 6.07 Å². The summed E-state index contributed by atoms with van der Waals surface area (Å²) in [6.07, 6.45) is -6.93. The molecule has 0 radical (unpaired) electrons. The number of methoxy groups -OCH3 is 1. The number of aliphatic hydroxyl groups is 1. The summed E-state index contributed by atoms with van der Waals surface area (Å²) in [5.41, 5.74) is 0.230. The number of halogens is 3. The van der Waals surface area contributed by atoms with E-state index in [1.165, 1.54) is 19.5 Å². The Bertz CT molecular complexity index is 587. The van der Waals surface area contributed by atoms with Gasteiger partial charge >= 0.3 is 6.18 Å². The minimum absolute atomic E-state index is 0.0184. The highest BCUT2D eigenvalue weighted by atomic mass is 19.4. The van der Waals surface area contributed by atoms with E-state index in [4.69, 9.17) is 9.84 Å². The molecular formula is C10H9F3N4O3. The third-order valence-electron chi connectivity index (χ3n) is 2.29. The minimum Gasteiger partial charge on any atom is -0.481 e. The van der Waals surface area contributed by atoms with E-state index in [2.05, 4.69) is 24.6 Å². The Morgan fingerprint density at radius 2 is 2.15 bits per heavy atom. The van der Waals surface area contributed by atoms with Crippen LogP contribution in [0.2, 0.25) is 0 Å². The van der Waals surface area contributed by atoms with Crippen LogP contribution in [0.15, 0.2) is 16.9 Å². The fraction of sp³-hybridized carbons (Fsp3) is 0.400. The van der Waals surface area contributed by atoms with Gasteiger partial charge in [-0.15, -0.1) is 0 Å². The van der Waals surface area contributed by atoms with Gasteiger partial charge in [0.1, 0.15) is 12.0 Å². The number of ether oxygens (including phenoxy) is 1. The molecule has 0 aliphatic heterocycles. The molecule has 1 atom stereocenters. The van der Waals surface area contributed by atoms with Crippen LogP contribution in [-0.2, 0) is 6.42 Å². The maximum Gasteiger partial charge on any atom is 0.414 e. The lowest BCUT2D eigenvalue weighted by molar-refractivity contribution is -0.204. The first-order valence-electron chi connectivity index (χ1n) is 5.34. The molecule has 2 aromatic rings. The van der Waals surface area contributed by atoms with Gasteiger partial charge in [-0.25, -0.2) is 9.97 Å². The van der Waals surface area contributed by atoms with Gasteiger partial charge in [0.2, 0.25) is 17.6 Å². The van der Waals surface area contributed by atoms with Gasteiger partial charge in [0.05, 0.1) is 13.5 Å². The van der Waals surface area contributed by atoms with E-state index in [0.29, 0.717) is 0 Å². The van der Waals surface area contributed by atoms with Gasteiger partial charge in [0.25, 0.3) is 0 Å². The van der Waals surface area contributed by atoms with Gasteiger partial charge in [-0.05, 0) is 0 Å². The zero-order valence-electron chi connectivity index (χ0n) is 10.1. The predicted octanol–water partition coefficient (Wildman–Crippen LogP) is 1.00. The van der Waals surface area contributed by atoms with Crippen LogP contribution in [0.3, 0.4) is 0 Å². The Balaban J connectivity index is 2.16. The molecule has 10 heteroatoms. The fourth-order valence-corrected chi connectivity index (χ4v) is 1.30. The van der Waals surface area contributed by atoms with E-state index < -0.39 is 18.7 Å². The van der Waals surface area contributed by atoms with E-state index >= 15 is 0 Å². The maximum absolute atomic E-state index is 12.2. The summed E-state index contributed by atoms with van der Waals surface area (Å²) >= 11 is 0. The molecule has 0 aromatic carbocycles. The maximum atomic E-state index is 12.2. The first-order valence-corrected chi connectivity index (χ1v) is 5.34. The molecule has 2 rings (SSSR count). The van der Waals surface area contributed by atoms with Crippen LogP contribution < -0.4 is 4.74 Å². The highest BCUT2D eigenvalue weighted by Crippen LogP contribution is 2.23. The van der Waals surface area contributed by atoms with Crippen LogP contribution in [-0.4, -0.2) is 44.6 Å². The van der Waals surface area contributed by atoms with Crippen LogP contribution in [0, 0.1) is 0 Å². The van der Waals surface area contributed by atoms with E-state index in [1.807, 2.05) is 0 Å². The van der Waals surface area contributed by atoms with Crippen LogP contribution in [0.4, 0.5) is 13.2 Å². The van der Waals surface area contributed by atoms with Gasteiger partial charge in [0.15, 0.2) is 6.10 Å². The Morgan fingerprint density at radius 3 is 2.80 bits per heavy atom. The summed E-state index contributed by atoms with van der Waals surface area (Å²) in [6.45, 7) is 0. The first kappa shape index (κ1) is 14.2. The van der Waals surface area contributed by atoms with Crippen molar-refractivity contribution in [1.82, 2.24) is 20.1 Å². The molecule has 2 heterocycles. The van der Waals surface area contributed by atoms with E-state index in [9.17, 15) is 13.2 Å². The number of aliphatic hydroxyl groups excluding tert-OH is 1. The summed E-state index contributed by atoms with van der Waals surface area (Å²) in [5, 5.41) is 12.4. The van der Waals surface area contributed by atoms with E-state index in [0.717, 1.165) is 0 Å². The molecule has 0 aliphatic rings. The van der Waals surface area contributed by atoms with Crippen LogP contribution in [0.1, 0.15) is 5.89 Å². The normalized spacial score (nSPS) is 13.2. The van der Waals surface area contributed by atoms with Gasteiger partial charge < -0.3 is 14.4 Å². The number of aromatic nitrogens is 4. The van der Waals surface area contributed by atoms with Crippen molar-refractivity contribution in [3.05, 3.63) is 18.3 Å². The van der Waals surface area contributed by atoms with Gasteiger partial charge in [-0.3, -0.25) is 0 Å². The number of hydrogen-bond acceptors (Lipinski definition) is 7. The zero-order valence-corrected chi connectivity index (χ0v) is 10.1. The summed E-state index contributed by atoms with van der Waals surface area (Å²) in [6, 6.07) is 1.40. The number of rotatable bonds is 4. The first-order chi connectivity index (χ1) is 9.40. The molecule has 0 fully saturated rings. The fourth-order valence-electron chi connectivity index (χ4n) is 1.30. The van der Waals surface area contributed by atoms with Crippen molar-refractivity contribution in [1.29, 1.82) is 0 Å². The number of hydrogen-bond donors (Lipinski definition) is 1. The molecule has 0 spiro atoms. The van der Waals surface area contributed by atoms with Crippen molar-refractivity contribution >= 4 is 0 Å². The summed E-state index contributed by atoms with van der Waals surface area (Å²) < 4.78 is 46.1. The molecule has 2 aromatic heterocycles. The largest absolute Gasteiger partial charge is 0.481 e. The Morgan fingerprint density at radius 1 is 1.40 bits per heavy atom. The SMILES string of the molecule is COc1cc(-c2noc(CC(O)C(F)(F)F)n2)ncn1. The average Bonchev–Trinajstić information content (AvgIpc) is 2.86.